The number of nitrogens with zero attached hydrogens (tertiary/aromatic N) is 2. The lowest BCUT2D eigenvalue weighted by Gasteiger charge is -1.87. The number of nitrogens with two attached hydrogens (primary N) is 1. The molecule has 2 rings (SSSR count). The van der Waals surface area contributed by atoms with Gasteiger partial charge in [0.05, 0.1) is 0 Å². The molecule has 0 saturated heterocycles. The maximum Gasteiger partial charge on any atom is 0.198 e. The molecule has 68 valence electrons. The van der Waals surface area contributed by atoms with Crippen molar-refractivity contribution in [3.05, 3.63) is 23.7 Å². The van der Waals surface area contributed by atoms with Crippen molar-refractivity contribution in [2.24, 2.45) is 5.73 Å². The fourth-order valence-corrected chi connectivity index (χ4v) is 1.19. The molecule has 0 unspecified atom stereocenters. The minimum Gasteiger partial charge on any atom is -0.439 e. The highest BCUT2D eigenvalue weighted by molar-refractivity contribution is 5.68. The molecule has 0 radical (unpaired) electrons. The third kappa shape index (κ3) is 1.53. The summed E-state index contributed by atoms with van der Waals surface area (Å²) in [4.78, 5) is 8.32. The molecule has 0 atom stereocenters. The predicted octanol–water partition coefficient (Wildman–Crippen LogP) is 1.03. The lowest BCUT2D eigenvalue weighted by atomic mass is 10.3. The topological polar surface area (TPSA) is 64.9 Å². The second kappa shape index (κ2) is 3.14. The number of oxazole rings is 1. The number of aryl methyl sites for hydroxylation is 1. The Labute approximate surface area is 75.8 Å². The van der Waals surface area contributed by atoms with Gasteiger partial charge in [-0.05, 0) is 18.6 Å². The van der Waals surface area contributed by atoms with Crippen LogP contribution in [0.4, 0.5) is 0 Å². The molecule has 0 aliphatic rings. The van der Waals surface area contributed by atoms with E-state index in [1.54, 1.807) is 6.20 Å². The molecular formula is C9H11N3O. The lowest BCUT2D eigenvalue weighted by Crippen LogP contribution is -2.02. The molecule has 0 aliphatic carbocycles. The fraction of sp³-hybridized carbons (Fsp3) is 0.333. The van der Waals surface area contributed by atoms with Crippen molar-refractivity contribution in [2.45, 2.75) is 13.3 Å². The van der Waals surface area contributed by atoms with Gasteiger partial charge in [-0.3, -0.25) is 0 Å². The molecule has 0 spiro atoms. The minimum absolute atomic E-state index is 0.547. The Morgan fingerprint density at radius 2 is 2.38 bits per heavy atom. The van der Waals surface area contributed by atoms with Gasteiger partial charge in [0.2, 0.25) is 0 Å². The molecule has 4 heteroatoms. The molecule has 0 saturated carbocycles. The highest BCUT2D eigenvalue weighted by Crippen LogP contribution is 2.14. The molecule has 0 bridgehead atoms. The fourth-order valence-electron chi connectivity index (χ4n) is 1.19. The zero-order valence-electron chi connectivity index (χ0n) is 7.45. The molecule has 2 heterocycles. The highest BCUT2D eigenvalue weighted by Gasteiger charge is 2.05. The Kier molecular flexibility index (Phi) is 1.98. The average molecular weight is 177 g/mol. The van der Waals surface area contributed by atoms with Gasteiger partial charge in [-0.15, -0.1) is 0 Å². The van der Waals surface area contributed by atoms with Crippen LogP contribution in [0.25, 0.3) is 11.2 Å². The molecule has 0 aliphatic heterocycles. The number of hydrogen-bond donors (Lipinski definition) is 1. The first kappa shape index (κ1) is 8.19. The van der Waals surface area contributed by atoms with E-state index in [0.717, 1.165) is 11.1 Å². The average Bonchev–Trinajstić information content (AvgIpc) is 2.46. The second-order valence-electron chi connectivity index (χ2n) is 2.98. The summed E-state index contributed by atoms with van der Waals surface area (Å²) in [7, 11) is 0. The van der Waals surface area contributed by atoms with Crippen LogP contribution in [0.2, 0.25) is 0 Å². The number of rotatable bonds is 2. The van der Waals surface area contributed by atoms with E-state index in [9.17, 15) is 0 Å². The van der Waals surface area contributed by atoms with Gasteiger partial charge in [0.25, 0.3) is 0 Å². The summed E-state index contributed by atoms with van der Waals surface area (Å²) < 4.78 is 5.44. The van der Waals surface area contributed by atoms with Crippen molar-refractivity contribution in [3.63, 3.8) is 0 Å². The second-order valence-corrected chi connectivity index (χ2v) is 2.98. The monoisotopic (exact) mass is 177 g/mol. The van der Waals surface area contributed by atoms with Crippen LogP contribution < -0.4 is 5.73 Å². The van der Waals surface area contributed by atoms with Crippen molar-refractivity contribution < 1.29 is 4.42 Å². The van der Waals surface area contributed by atoms with E-state index in [0.29, 0.717) is 24.5 Å². The van der Waals surface area contributed by atoms with E-state index >= 15 is 0 Å². The van der Waals surface area contributed by atoms with Crippen molar-refractivity contribution in [1.82, 2.24) is 9.97 Å². The van der Waals surface area contributed by atoms with E-state index in [2.05, 4.69) is 9.97 Å². The van der Waals surface area contributed by atoms with E-state index in [4.69, 9.17) is 10.2 Å². The Morgan fingerprint density at radius 3 is 3.15 bits per heavy atom. The van der Waals surface area contributed by atoms with E-state index in [1.807, 2.05) is 13.0 Å². The van der Waals surface area contributed by atoms with E-state index < -0.39 is 0 Å². The van der Waals surface area contributed by atoms with Crippen LogP contribution in [0.3, 0.4) is 0 Å². The van der Waals surface area contributed by atoms with Gasteiger partial charge in [0, 0.05) is 19.2 Å². The maximum absolute atomic E-state index is 5.44. The molecule has 4 nitrogen and oxygen atoms in total. The normalized spacial score (nSPS) is 10.9. The first-order chi connectivity index (χ1) is 6.29. The van der Waals surface area contributed by atoms with Crippen LogP contribution in [0.15, 0.2) is 16.7 Å². The van der Waals surface area contributed by atoms with Crippen LogP contribution >= 0.6 is 0 Å². The molecule has 0 aromatic carbocycles. The summed E-state index contributed by atoms with van der Waals surface area (Å²) in [5, 5.41) is 0. The predicted molar refractivity (Wildman–Crippen MR) is 49.3 cm³/mol. The Morgan fingerprint density at radius 1 is 1.54 bits per heavy atom. The van der Waals surface area contributed by atoms with Crippen LogP contribution in [-0.4, -0.2) is 16.5 Å². The van der Waals surface area contributed by atoms with Crippen molar-refractivity contribution in [3.8, 4) is 0 Å². The van der Waals surface area contributed by atoms with Gasteiger partial charge in [0.15, 0.2) is 17.1 Å². The van der Waals surface area contributed by atoms with Gasteiger partial charge in [-0.2, -0.15) is 4.98 Å². The van der Waals surface area contributed by atoms with Crippen molar-refractivity contribution in [1.29, 1.82) is 0 Å². The molecule has 2 aromatic heterocycles. The first-order valence-corrected chi connectivity index (χ1v) is 4.22. The van der Waals surface area contributed by atoms with Gasteiger partial charge in [-0.25, -0.2) is 4.98 Å². The maximum atomic E-state index is 5.44. The van der Waals surface area contributed by atoms with Crippen LogP contribution in [0, 0.1) is 6.92 Å². The lowest BCUT2D eigenvalue weighted by molar-refractivity contribution is 0.531. The number of aromatic nitrogens is 2. The summed E-state index contributed by atoms with van der Waals surface area (Å²) in [6.45, 7) is 2.52. The first-order valence-electron chi connectivity index (χ1n) is 4.22. The summed E-state index contributed by atoms with van der Waals surface area (Å²) >= 11 is 0. The van der Waals surface area contributed by atoms with Crippen LogP contribution in [0.1, 0.15) is 11.5 Å². The van der Waals surface area contributed by atoms with Crippen molar-refractivity contribution in [2.75, 3.05) is 6.54 Å². The third-order valence-corrected chi connectivity index (χ3v) is 1.79. The van der Waals surface area contributed by atoms with Gasteiger partial charge in [0.1, 0.15) is 0 Å². The minimum atomic E-state index is 0.547. The quantitative estimate of drug-likeness (QED) is 0.744. The number of fused-ring (bicyclic) bond motifs is 1. The molecule has 13 heavy (non-hydrogen) atoms. The summed E-state index contributed by atoms with van der Waals surface area (Å²) in [6.07, 6.45) is 2.44. The highest BCUT2D eigenvalue weighted by atomic mass is 16.3. The van der Waals surface area contributed by atoms with Gasteiger partial charge >= 0.3 is 0 Å². The zero-order valence-corrected chi connectivity index (χ0v) is 7.45. The molecular weight excluding hydrogens is 166 g/mol. The molecule has 2 aromatic rings. The largest absolute Gasteiger partial charge is 0.439 e. The van der Waals surface area contributed by atoms with Gasteiger partial charge < -0.3 is 10.2 Å². The standard InChI is InChI=1S/C9H11N3O/c1-6-4-7-9(11-5-6)12-8(13-7)2-3-10/h4-5H,2-3,10H2,1H3. The number of pyridine rings is 1. The summed E-state index contributed by atoms with van der Waals surface area (Å²) in [6, 6.07) is 1.93. The molecule has 0 fully saturated rings. The summed E-state index contributed by atoms with van der Waals surface area (Å²) in [5.74, 6) is 0.663. The van der Waals surface area contributed by atoms with E-state index in [-0.39, 0.29) is 0 Å². The molecule has 2 N–H and O–H groups in total. The van der Waals surface area contributed by atoms with Crippen LogP contribution in [-0.2, 0) is 6.42 Å². The Balaban J connectivity index is 2.49. The van der Waals surface area contributed by atoms with Crippen LogP contribution in [0.5, 0.6) is 0 Å². The van der Waals surface area contributed by atoms with E-state index in [1.165, 1.54) is 0 Å². The zero-order chi connectivity index (χ0) is 9.26. The van der Waals surface area contributed by atoms with Gasteiger partial charge in [-0.1, -0.05) is 0 Å². The molecule has 0 amide bonds. The Bertz CT molecular complexity index is 422. The third-order valence-electron chi connectivity index (χ3n) is 1.79. The SMILES string of the molecule is Cc1cnc2nc(CCN)oc2c1. The number of hydrogen-bond acceptors (Lipinski definition) is 4. The smallest absolute Gasteiger partial charge is 0.198 e. The Hall–Kier alpha value is -1.42. The van der Waals surface area contributed by atoms with Crippen molar-refractivity contribution >= 4 is 11.2 Å². The summed E-state index contributed by atoms with van der Waals surface area (Å²) in [5.41, 5.74) is 7.86.